The SMILES string of the molecule is C/C=C(\C)c1cnc(CNCCCN2CCCCC2C)s1.C=CC.CC.CC. The Hall–Kier alpha value is -0.970. The smallest absolute Gasteiger partial charge is 0.107 e. The van der Waals surface area contributed by atoms with Crippen molar-refractivity contribution in [3.63, 3.8) is 0 Å². The summed E-state index contributed by atoms with van der Waals surface area (Å²) >= 11 is 1.80. The topological polar surface area (TPSA) is 28.2 Å². The van der Waals surface area contributed by atoms with Gasteiger partial charge < -0.3 is 10.2 Å². The largest absolute Gasteiger partial charge is 0.310 e. The number of thiazole rings is 1. The van der Waals surface area contributed by atoms with Gasteiger partial charge in [-0.3, -0.25) is 0 Å². The summed E-state index contributed by atoms with van der Waals surface area (Å²) in [4.78, 5) is 8.42. The highest BCUT2D eigenvalue weighted by Crippen LogP contribution is 2.21. The summed E-state index contributed by atoms with van der Waals surface area (Å²) in [6.45, 7) is 24.3. The molecule has 3 nitrogen and oxygen atoms in total. The number of rotatable bonds is 7. The first kappa shape index (κ1) is 29.2. The minimum absolute atomic E-state index is 0.782. The van der Waals surface area contributed by atoms with E-state index in [4.69, 9.17) is 0 Å². The first-order chi connectivity index (χ1) is 13.6. The summed E-state index contributed by atoms with van der Waals surface area (Å²) in [6, 6.07) is 0.782. The van der Waals surface area contributed by atoms with E-state index in [1.165, 1.54) is 54.2 Å². The zero-order valence-corrected chi connectivity index (χ0v) is 20.8. The fraction of sp³-hybridized carbons (Fsp3) is 0.708. The second-order valence-electron chi connectivity index (χ2n) is 6.41. The van der Waals surface area contributed by atoms with Crippen molar-refractivity contribution in [2.24, 2.45) is 0 Å². The molecule has 0 radical (unpaired) electrons. The monoisotopic (exact) mass is 409 g/mol. The van der Waals surface area contributed by atoms with Crippen LogP contribution in [0.2, 0.25) is 0 Å². The Morgan fingerprint density at radius 3 is 2.50 bits per heavy atom. The van der Waals surface area contributed by atoms with E-state index in [1.54, 1.807) is 17.4 Å². The van der Waals surface area contributed by atoms with Crippen LogP contribution in [0.15, 0.2) is 24.9 Å². The molecule has 1 unspecified atom stereocenters. The van der Waals surface area contributed by atoms with Crippen molar-refractivity contribution in [1.29, 1.82) is 0 Å². The summed E-state index contributed by atoms with van der Waals surface area (Å²) in [7, 11) is 0. The summed E-state index contributed by atoms with van der Waals surface area (Å²) < 4.78 is 0. The third-order valence-corrected chi connectivity index (χ3v) is 5.52. The molecule has 0 amide bonds. The fourth-order valence-electron chi connectivity index (χ4n) is 2.81. The average molecular weight is 410 g/mol. The number of aromatic nitrogens is 1. The molecule has 0 bridgehead atoms. The van der Waals surface area contributed by atoms with Crippen molar-refractivity contribution in [2.75, 3.05) is 19.6 Å². The fourth-order valence-corrected chi connectivity index (χ4v) is 3.73. The van der Waals surface area contributed by atoms with Crippen LogP contribution in [0.5, 0.6) is 0 Å². The minimum Gasteiger partial charge on any atom is -0.310 e. The predicted octanol–water partition coefficient (Wildman–Crippen LogP) is 7.17. The molecule has 1 aliphatic rings. The Morgan fingerprint density at radius 2 is 1.93 bits per heavy atom. The average Bonchev–Trinajstić information content (AvgIpc) is 3.21. The number of nitrogens with zero attached hydrogens (tertiary/aromatic N) is 2. The third kappa shape index (κ3) is 13.2. The molecular formula is C24H47N3S. The van der Waals surface area contributed by atoms with Gasteiger partial charge >= 0.3 is 0 Å². The molecule has 1 N–H and O–H groups in total. The second kappa shape index (κ2) is 20.8. The molecule has 1 saturated heterocycles. The number of nitrogens with one attached hydrogen (secondary N) is 1. The number of hydrogen-bond donors (Lipinski definition) is 1. The standard InChI is InChI=1S/C17H29N3S.C3H6.2C2H6/c1-4-14(2)16-12-19-17(21-16)13-18-9-7-11-20-10-6-5-8-15(20)3;1-3-2;2*1-2/h4,12,15,18H,5-11,13H2,1-3H3;3H,1H2,2H3;2*1-2H3/b14-4+;;;. The zero-order valence-electron chi connectivity index (χ0n) is 20.0. The van der Waals surface area contributed by atoms with Gasteiger partial charge in [-0.15, -0.1) is 17.9 Å². The van der Waals surface area contributed by atoms with Crippen LogP contribution in [-0.2, 0) is 6.54 Å². The summed E-state index contributed by atoms with van der Waals surface area (Å²) in [6.07, 6.45) is 11.3. The maximum Gasteiger partial charge on any atom is 0.107 e. The lowest BCUT2D eigenvalue weighted by Crippen LogP contribution is -2.38. The quantitative estimate of drug-likeness (QED) is 0.382. The first-order valence-electron chi connectivity index (χ1n) is 11.2. The number of hydrogen-bond acceptors (Lipinski definition) is 4. The molecule has 164 valence electrons. The zero-order chi connectivity index (χ0) is 21.8. The lowest BCUT2D eigenvalue weighted by Gasteiger charge is -2.33. The molecule has 1 fully saturated rings. The number of likely N-dealkylation sites (tertiary alicyclic amines) is 1. The highest BCUT2D eigenvalue weighted by molar-refractivity contribution is 7.12. The molecule has 1 atom stereocenters. The van der Waals surface area contributed by atoms with Gasteiger partial charge in [0.15, 0.2) is 0 Å². The predicted molar refractivity (Wildman–Crippen MR) is 131 cm³/mol. The van der Waals surface area contributed by atoms with Crippen molar-refractivity contribution < 1.29 is 0 Å². The highest BCUT2D eigenvalue weighted by atomic mass is 32.1. The van der Waals surface area contributed by atoms with Gasteiger partial charge in [-0.1, -0.05) is 46.3 Å². The Labute approximate surface area is 180 Å². The van der Waals surface area contributed by atoms with Crippen molar-refractivity contribution in [3.8, 4) is 0 Å². The van der Waals surface area contributed by atoms with Crippen molar-refractivity contribution in [3.05, 3.63) is 34.8 Å². The van der Waals surface area contributed by atoms with Crippen LogP contribution >= 0.6 is 11.3 Å². The second-order valence-corrected chi connectivity index (χ2v) is 7.52. The summed E-state index contributed by atoms with van der Waals surface area (Å²) in [5.74, 6) is 0. The maximum absolute atomic E-state index is 4.49. The molecule has 0 spiro atoms. The highest BCUT2D eigenvalue weighted by Gasteiger charge is 2.16. The minimum atomic E-state index is 0.782. The van der Waals surface area contributed by atoms with E-state index in [9.17, 15) is 0 Å². The summed E-state index contributed by atoms with van der Waals surface area (Å²) in [5, 5.41) is 4.72. The molecular weight excluding hydrogens is 362 g/mol. The number of allylic oxidation sites excluding steroid dienone is 3. The van der Waals surface area contributed by atoms with E-state index in [0.29, 0.717) is 0 Å². The van der Waals surface area contributed by atoms with Gasteiger partial charge in [0, 0.05) is 23.7 Å². The molecule has 28 heavy (non-hydrogen) atoms. The Bertz CT molecular complexity index is 494. The van der Waals surface area contributed by atoms with Gasteiger partial charge in [-0.25, -0.2) is 4.98 Å². The van der Waals surface area contributed by atoms with Crippen LogP contribution in [0.3, 0.4) is 0 Å². The number of piperidine rings is 1. The van der Waals surface area contributed by atoms with E-state index in [1.807, 2.05) is 40.8 Å². The van der Waals surface area contributed by atoms with Gasteiger partial charge in [0.25, 0.3) is 0 Å². The van der Waals surface area contributed by atoms with Crippen LogP contribution in [0.1, 0.15) is 91.0 Å². The van der Waals surface area contributed by atoms with E-state index < -0.39 is 0 Å². The Balaban J connectivity index is 0. The Morgan fingerprint density at radius 1 is 1.29 bits per heavy atom. The van der Waals surface area contributed by atoms with Crippen molar-refractivity contribution >= 4 is 16.9 Å². The molecule has 2 rings (SSSR count). The van der Waals surface area contributed by atoms with Crippen LogP contribution < -0.4 is 5.32 Å². The molecule has 1 aliphatic heterocycles. The van der Waals surface area contributed by atoms with Crippen LogP contribution in [0.25, 0.3) is 5.57 Å². The van der Waals surface area contributed by atoms with Crippen LogP contribution in [0.4, 0.5) is 0 Å². The van der Waals surface area contributed by atoms with Gasteiger partial charge in [0.05, 0.1) is 0 Å². The molecule has 0 aliphatic carbocycles. The lowest BCUT2D eigenvalue weighted by atomic mass is 10.0. The van der Waals surface area contributed by atoms with Crippen molar-refractivity contribution in [1.82, 2.24) is 15.2 Å². The van der Waals surface area contributed by atoms with E-state index in [0.717, 1.165) is 19.1 Å². The maximum atomic E-state index is 4.49. The first-order valence-corrected chi connectivity index (χ1v) is 12.0. The molecule has 2 heterocycles. The van der Waals surface area contributed by atoms with E-state index in [-0.39, 0.29) is 0 Å². The van der Waals surface area contributed by atoms with Gasteiger partial charge in [-0.2, -0.15) is 0 Å². The van der Waals surface area contributed by atoms with Gasteiger partial charge in [0.1, 0.15) is 5.01 Å². The van der Waals surface area contributed by atoms with E-state index >= 15 is 0 Å². The molecule has 0 saturated carbocycles. The van der Waals surface area contributed by atoms with Gasteiger partial charge in [-0.05, 0) is 72.2 Å². The van der Waals surface area contributed by atoms with Crippen LogP contribution in [-0.4, -0.2) is 35.6 Å². The lowest BCUT2D eigenvalue weighted by molar-refractivity contribution is 0.159. The van der Waals surface area contributed by atoms with Crippen molar-refractivity contribution in [2.45, 2.75) is 93.7 Å². The molecule has 0 aromatic carbocycles. The molecule has 4 heteroatoms. The van der Waals surface area contributed by atoms with Crippen LogP contribution in [0, 0.1) is 0 Å². The molecule has 1 aromatic rings. The molecule has 1 aromatic heterocycles. The normalized spacial score (nSPS) is 16.6. The van der Waals surface area contributed by atoms with Gasteiger partial charge in [0.2, 0.25) is 0 Å². The van der Waals surface area contributed by atoms with E-state index in [2.05, 4.69) is 48.6 Å². The summed E-state index contributed by atoms with van der Waals surface area (Å²) in [5.41, 5.74) is 1.32. The Kier molecular flexibility index (Phi) is 21.7. The third-order valence-electron chi connectivity index (χ3n) is 4.39.